The summed E-state index contributed by atoms with van der Waals surface area (Å²) >= 11 is 0. The first-order valence-electron chi connectivity index (χ1n) is 8.11. The van der Waals surface area contributed by atoms with E-state index in [0.29, 0.717) is 18.4 Å². The van der Waals surface area contributed by atoms with Gasteiger partial charge in [-0.2, -0.15) is 5.26 Å². The summed E-state index contributed by atoms with van der Waals surface area (Å²) < 4.78 is 18.0. The van der Waals surface area contributed by atoms with Crippen LogP contribution in [0.25, 0.3) is 0 Å². The van der Waals surface area contributed by atoms with Crippen molar-refractivity contribution in [1.82, 2.24) is 5.32 Å². The first-order valence-corrected chi connectivity index (χ1v) is 8.11. The van der Waals surface area contributed by atoms with Crippen LogP contribution in [-0.4, -0.2) is 23.5 Å². The molecule has 0 saturated heterocycles. The Hall–Kier alpha value is -2.42. The third kappa shape index (κ3) is 4.79. The highest BCUT2D eigenvalue weighted by atomic mass is 19.1. The molecule has 0 aliphatic heterocycles. The third-order valence-corrected chi connectivity index (χ3v) is 4.22. The highest BCUT2D eigenvalue weighted by molar-refractivity contribution is 5.84. The lowest BCUT2D eigenvalue weighted by Crippen LogP contribution is -2.52. The fourth-order valence-corrected chi connectivity index (χ4v) is 2.82. The molecule has 1 aliphatic rings. The van der Waals surface area contributed by atoms with Gasteiger partial charge in [-0.3, -0.25) is 9.59 Å². The van der Waals surface area contributed by atoms with Gasteiger partial charge in [0, 0.05) is 0 Å². The van der Waals surface area contributed by atoms with E-state index in [1.807, 2.05) is 0 Å². The van der Waals surface area contributed by atoms with E-state index in [4.69, 9.17) is 4.74 Å². The Bertz CT molecular complexity index is 631. The monoisotopic (exact) mass is 332 g/mol. The van der Waals surface area contributed by atoms with Crippen LogP contribution in [0.5, 0.6) is 0 Å². The van der Waals surface area contributed by atoms with Crippen LogP contribution >= 0.6 is 0 Å². The molecule has 1 amide bonds. The largest absolute Gasteiger partial charge is 0.452 e. The molecule has 1 aliphatic carbocycles. The number of hydrogen-bond acceptors (Lipinski definition) is 4. The molecule has 0 heterocycles. The minimum absolute atomic E-state index is 0.0404. The van der Waals surface area contributed by atoms with Crippen LogP contribution in [0.2, 0.25) is 0 Å². The third-order valence-electron chi connectivity index (χ3n) is 4.22. The van der Waals surface area contributed by atoms with Crippen molar-refractivity contribution in [1.29, 1.82) is 5.26 Å². The van der Waals surface area contributed by atoms with Crippen molar-refractivity contribution in [3.8, 4) is 6.07 Å². The summed E-state index contributed by atoms with van der Waals surface area (Å²) in [6, 6.07) is 7.71. The van der Waals surface area contributed by atoms with Crippen molar-refractivity contribution in [2.45, 2.75) is 57.1 Å². The Morgan fingerprint density at radius 3 is 2.50 bits per heavy atom. The van der Waals surface area contributed by atoms with Gasteiger partial charge in [0.1, 0.15) is 11.4 Å². The van der Waals surface area contributed by atoms with E-state index in [2.05, 4.69) is 11.4 Å². The lowest BCUT2D eigenvalue weighted by molar-refractivity contribution is -0.154. The summed E-state index contributed by atoms with van der Waals surface area (Å²) in [5.74, 6) is -1.42. The molecule has 1 saturated carbocycles. The maximum absolute atomic E-state index is 12.8. The molecule has 128 valence electrons. The van der Waals surface area contributed by atoms with Crippen molar-refractivity contribution in [3.63, 3.8) is 0 Å². The van der Waals surface area contributed by atoms with Crippen LogP contribution in [0.3, 0.4) is 0 Å². The number of halogens is 1. The van der Waals surface area contributed by atoms with Crippen molar-refractivity contribution >= 4 is 11.9 Å². The smallest absolute Gasteiger partial charge is 0.311 e. The number of nitrogens with one attached hydrogen (secondary N) is 1. The van der Waals surface area contributed by atoms with E-state index in [1.54, 1.807) is 0 Å². The Labute approximate surface area is 140 Å². The van der Waals surface area contributed by atoms with Gasteiger partial charge in [0.2, 0.25) is 0 Å². The average Bonchev–Trinajstić information content (AvgIpc) is 2.57. The van der Waals surface area contributed by atoms with Crippen LogP contribution < -0.4 is 5.32 Å². The lowest BCUT2D eigenvalue weighted by Gasteiger charge is -2.32. The quantitative estimate of drug-likeness (QED) is 0.841. The van der Waals surface area contributed by atoms with Gasteiger partial charge in [-0.15, -0.1) is 0 Å². The van der Waals surface area contributed by atoms with E-state index >= 15 is 0 Å². The lowest BCUT2D eigenvalue weighted by atomic mass is 9.83. The second kappa shape index (κ2) is 7.91. The number of esters is 1. The minimum atomic E-state index is -0.981. The molecule has 0 radical (unpaired) electrons. The van der Waals surface area contributed by atoms with E-state index in [1.165, 1.54) is 31.2 Å². The molecule has 1 N–H and O–H groups in total. The SMILES string of the molecule is C[C@H](OC(=O)Cc1ccc(F)cc1)C(=O)NC1(C#N)CCCCC1. The van der Waals surface area contributed by atoms with E-state index in [9.17, 15) is 19.2 Å². The minimum Gasteiger partial charge on any atom is -0.452 e. The van der Waals surface area contributed by atoms with E-state index < -0.39 is 23.5 Å². The molecule has 1 fully saturated rings. The standard InChI is InChI=1S/C18H21FN2O3/c1-13(17(23)21-18(12-20)9-3-2-4-10-18)24-16(22)11-14-5-7-15(19)8-6-14/h5-8,13H,2-4,9-11H2,1H3,(H,21,23)/t13-/m0/s1. The fourth-order valence-electron chi connectivity index (χ4n) is 2.82. The normalized spacial score (nSPS) is 17.4. The molecule has 6 heteroatoms. The van der Waals surface area contributed by atoms with Crippen molar-refractivity contribution in [3.05, 3.63) is 35.6 Å². The molecule has 0 aromatic heterocycles. The van der Waals surface area contributed by atoms with Crippen LogP contribution in [0.4, 0.5) is 4.39 Å². The first kappa shape index (κ1) is 17.9. The van der Waals surface area contributed by atoms with E-state index in [0.717, 1.165) is 19.3 Å². The molecule has 0 unspecified atom stereocenters. The predicted molar refractivity (Wildman–Crippen MR) is 85.2 cm³/mol. The summed E-state index contributed by atoms with van der Waals surface area (Å²) in [5, 5.41) is 12.1. The Morgan fingerprint density at radius 1 is 1.29 bits per heavy atom. The number of amides is 1. The highest BCUT2D eigenvalue weighted by Crippen LogP contribution is 2.27. The molecule has 1 aromatic rings. The Kier molecular flexibility index (Phi) is 5.91. The zero-order valence-corrected chi connectivity index (χ0v) is 13.7. The molecular weight excluding hydrogens is 311 g/mol. The molecule has 2 rings (SSSR count). The molecular formula is C18H21FN2O3. The Balaban J connectivity index is 1.87. The predicted octanol–water partition coefficient (Wildman–Crippen LogP) is 2.64. The maximum atomic E-state index is 12.8. The molecule has 1 aromatic carbocycles. The van der Waals surface area contributed by atoms with Crippen LogP contribution in [-0.2, 0) is 20.7 Å². The summed E-state index contributed by atoms with van der Waals surface area (Å²) in [4.78, 5) is 24.1. The number of rotatable bonds is 5. The summed E-state index contributed by atoms with van der Waals surface area (Å²) in [6.07, 6.45) is 3.06. The fraction of sp³-hybridized carbons (Fsp3) is 0.500. The molecule has 24 heavy (non-hydrogen) atoms. The maximum Gasteiger partial charge on any atom is 0.311 e. The zero-order valence-electron chi connectivity index (χ0n) is 13.7. The van der Waals surface area contributed by atoms with Gasteiger partial charge in [0.05, 0.1) is 12.5 Å². The number of carbonyl (C=O) groups is 2. The van der Waals surface area contributed by atoms with Crippen LogP contribution in [0.15, 0.2) is 24.3 Å². The Morgan fingerprint density at radius 2 is 1.92 bits per heavy atom. The van der Waals surface area contributed by atoms with Crippen LogP contribution in [0, 0.1) is 17.1 Å². The highest BCUT2D eigenvalue weighted by Gasteiger charge is 2.35. The van der Waals surface area contributed by atoms with Gasteiger partial charge in [-0.1, -0.05) is 31.4 Å². The summed E-state index contributed by atoms with van der Waals surface area (Å²) in [7, 11) is 0. The van der Waals surface area contributed by atoms with Gasteiger partial charge >= 0.3 is 5.97 Å². The first-order chi connectivity index (χ1) is 11.4. The number of nitriles is 1. The number of nitrogens with zero attached hydrogens (tertiary/aromatic N) is 1. The zero-order chi connectivity index (χ0) is 17.6. The number of benzene rings is 1. The van der Waals surface area contributed by atoms with Crippen molar-refractivity contribution < 1.29 is 18.7 Å². The van der Waals surface area contributed by atoms with Crippen LogP contribution in [0.1, 0.15) is 44.6 Å². The topological polar surface area (TPSA) is 79.2 Å². The number of hydrogen-bond donors (Lipinski definition) is 1. The van der Waals surface area contributed by atoms with Crippen molar-refractivity contribution in [2.24, 2.45) is 0 Å². The second-order valence-electron chi connectivity index (χ2n) is 6.18. The second-order valence-corrected chi connectivity index (χ2v) is 6.18. The molecule has 1 atom stereocenters. The number of ether oxygens (including phenoxy) is 1. The van der Waals surface area contributed by atoms with Gasteiger partial charge in [0.25, 0.3) is 5.91 Å². The molecule has 0 spiro atoms. The average molecular weight is 332 g/mol. The van der Waals surface area contributed by atoms with Crippen molar-refractivity contribution in [2.75, 3.05) is 0 Å². The summed E-state index contributed by atoms with van der Waals surface area (Å²) in [6.45, 7) is 1.48. The van der Waals surface area contributed by atoms with E-state index in [-0.39, 0.29) is 12.2 Å². The summed E-state index contributed by atoms with van der Waals surface area (Å²) in [5.41, 5.74) is -0.248. The molecule has 5 nitrogen and oxygen atoms in total. The van der Waals surface area contributed by atoms with Gasteiger partial charge in [-0.05, 0) is 37.5 Å². The molecule has 0 bridgehead atoms. The number of carbonyl (C=O) groups excluding carboxylic acids is 2. The van der Waals surface area contributed by atoms with Gasteiger partial charge in [-0.25, -0.2) is 4.39 Å². The van der Waals surface area contributed by atoms with Gasteiger partial charge < -0.3 is 10.1 Å². The van der Waals surface area contributed by atoms with Gasteiger partial charge in [0.15, 0.2) is 6.10 Å².